The molecule has 0 aliphatic carbocycles. The van der Waals surface area contributed by atoms with Crippen LogP contribution in [0, 0.1) is 0 Å². The van der Waals surface area contributed by atoms with Crippen molar-refractivity contribution in [2.45, 2.75) is 6.61 Å². The van der Waals surface area contributed by atoms with E-state index < -0.39 is 5.97 Å². The molecule has 0 N–H and O–H groups in total. The van der Waals surface area contributed by atoms with Crippen LogP contribution in [0.3, 0.4) is 0 Å². The van der Waals surface area contributed by atoms with Gasteiger partial charge in [-0.15, -0.1) is 0 Å². The Morgan fingerprint density at radius 1 is 0.964 bits per heavy atom. The highest BCUT2D eigenvalue weighted by atomic mass is 35.5. The quantitative estimate of drug-likeness (QED) is 0.541. The van der Waals surface area contributed by atoms with E-state index in [9.17, 15) is 4.79 Å². The second-order valence-electron chi connectivity index (χ2n) is 5.67. The molecule has 0 amide bonds. The molecule has 0 aliphatic heterocycles. The first kappa shape index (κ1) is 19.6. The van der Waals surface area contributed by atoms with Gasteiger partial charge >= 0.3 is 5.97 Å². The van der Waals surface area contributed by atoms with Crippen LogP contribution in [0.2, 0.25) is 5.02 Å². The number of benzene rings is 2. The van der Waals surface area contributed by atoms with Crippen molar-refractivity contribution in [2.24, 2.45) is 0 Å². The number of aromatic nitrogens is 1. The first-order valence-corrected chi connectivity index (χ1v) is 8.62. The fraction of sp³-hybridized carbons (Fsp3) is 0.200. The third-order valence-corrected chi connectivity index (χ3v) is 4.19. The molecule has 8 heteroatoms. The highest BCUT2D eigenvalue weighted by Crippen LogP contribution is 2.32. The number of rotatable bonds is 7. The SMILES string of the molecule is COc1ccc(-c2cc(COC(=O)c3cc(Cl)ccc3OC)no2)cc1OC. The van der Waals surface area contributed by atoms with Crippen molar-refractivity contribution in [3.05, 3.63) is 58.7 Å². The molecule has 0 spiro atoms. The summed E-state index contributed by atoms with van der Waals surface area (Å²) in [7, 11) is 4.58. The van der Waals surface area contributed by atoms with Crippen molar-refractivity contribution in [3.8, 4) is 28.6 Å². The monoisotopic (exact) mass is 403 g/mol. The van der Waals surface area contributed by atoms with E-state index in [2.05, 4.69) is 5.16 Å². The molecule has 2 aromatic carbocycles. The van der Waals surface area contributed by atoms with Crippen LogP contribution < -0.4 is 14.2 Å². The predicted octanol–water partition coefficient (Wildman–Crippen LogP) is 4.38. The normalized spacial score (nSPS) is 10.4. The molecule has 146 valence electrons. The topological polar surface area (TPSA) is 80.0 Å². The van der Waals surface area contributed by atoms with Gasteiger partial charge in [-0.1, -0.05) is 16.8 Å². The Kier molecular flexibility index (Phi) is 6.06. The lowest BCUT2D eigenvalue weighted by Gasteiger charge is -2.08. The molecule has 0 bridgehead atoms. The maximum Gasteiger partial charge on any atom is 0.342 e. The Hall–Kier alpha value is -3.19. The molecule has 0 fully saturated rings. The Morgan fingerprint density at radius 3 is 2.39 bits per heavy atom. The van der Waals surface area contributed by atoms with Crippen LogP contribution in [-0.4, -0.2) is 32.5 Å². The Balaban J connectivity index is 1.72. The number of halogens is 1. The summed E-state index contributed by atoms with van der Waals surface area (Å²) in [4.78, 5) is 12.3. The van der Waals surface area contributed by atoms with Gasteiger partial charge in [0.15, 0.2) is 17.3 Å². The predicted molar refractivity (Wildman–Crippen MR) is 102 cm³/mol. The molecule has 28 heavy (non-hydrogen) atoms. The van der Waals surface area contributed by atoms with Gasteiger partial charge in [-0.3, -0.25) is 0 Å². The number of hydrogen-bond donors (Lipinski definition) is 0. The van der Waals surface area contributed by atoms with Gasteiger partial charge in [0.1, 0.15) is 23.6 Å². The zero-order valence-corrected chi connectivity index (χ0v) is 16.3. The van der Waals surface area contributed by atoms with E-state index in [0.717, 1.165) is 5.56 Å². The number of ether oxygens (including phenoxy) is 4. The Morgan fingerprint density at radius 2 is 1.68 bits per heavy atom. The lowest BCUT2D eigenvalue weighted by Crippen LogP contribution is -2.07. The standard InChI is InChI=1S/C20H18ClNO6/c1-24-16-7-5-13(21)9-15(16)20(23)27-11-14-10-18(28-22-14)12-4-6-17(25-2)19(8-12)26-3/h4-10H,11H2,1-3H3. The molecule has 0 radical (unpaired) electrons. The second kappa shape index (κ2) is 8.67. The highest BCUT2D eigenvalue weighted by molar-refractivity contribution is 6.31. The minimum absolute atomic E-state index is 0.0642. The first-order valence-electron chi connectivity index (χ1n) is 8.24. The average Bonchev–Trinajstić information content (AvgIpc) is 3.20. The molecule has 3 aromatic rings. The first-order chi connectivity index (χ1) is 13.5. The lowest BCUT2D eigenvalue weighted by atomic mass is 10.1. The zero-order valence-electron chi connectivity index (χ0n) is 15.5. The highest BCUT2D eigenvalue weighted by Gasteiger charge is 2.16. The molecule has 0 unspecified atom stereocenters. The number of esters is 1. The summed E-state index contributed by atoms with van der Waals surface area (Å²) in [6, 6.07) is 11.8. The van der Waals surface area contributed by atoms with Crippen molar-refractivity contribution in [3.63, 3.8) is 0 Å². The number of methoxy groups -OCH3 is 3. The molecule has 0 atom stereocenters. The number of nitrogens with zero attached hydrogens (tertiary/aromatic N) is 1. The van der Waals surface area contributed by atoms with Gasteiger partial charge in [0.2, 0.25) is 0 Å². The Labute approximate surface area is 166 Å². The summed E-state index contributed by atoms with van der Waals surface area (Å²) in [5.74, 6) is 1.48. The third kappa shape index (κ3) is 4.20. The molecular weight excluding hydrogens is 386 g/mol. The van der Waals surface area contributed by atoms with E-state index >= 15 is 0 Å². The molecular formula is C20H18ClNO6. The van der Waals surface area contributed by atoms with Crippen LogP contribution in [0.4, 0.5) is 0 Å². The Bertz CT molecular complexity index is 985. The summed E-state index contributed by atoms with van der Waals surface area (Å²) in [5.41, 5.74) is 1.44. The van der Waals surface area contributed by atoms with Gasteiger partial charge < -0.3 is 23.5 Å². The van der Waals surface area contributed by atoms with E-state index in [1.54, 1.807) is 44.6 Å². The van der Waals surface area contributed by atoms with Crippen LogP contribution in [-0.2, 0) is 11.3 Å². The molecule has 0 aliphatic rings. The summed E-state index contributed by atoms with van der Waals surface area (Å²) < 4.78 is 26.3. The molecule has 0 saturated carbocycles. The van der Waals surface area contributed by atoms with Crippen molar-refractivity contribution in [1.82, 2.24) is 5.16 Å². The van der Waals surface area contributed by atoms with Crippen LogP contribution in [0.5, 0.6) is 17.2 Å². The van der Waals surface area contributed by atoms with E-state index in [1.807, 2.05) is 6.07 Å². The molecule has 1 heterocycles. The van der Waals surface area contributed by atoms with Crippen LogP contribution >= 0.6 is 11.6 Å². The fourth-order valence-electron chi connectivity index (χ4n) is 2.56. The maximum atomic E-state index is 12.3. The largest absolute Gasteiger partial charge is 0.496 e. The number of hydrogen-bond acceptors (Lipinski definition) is 7. The summed E-state index contributed by atoms with van der Waals surface area (Å²) in [6.45, 7) is -0.0642. The fourth-order valence-corrected chi connectivity index (χ4v) is 2.73. The molecule has 0 saturated heterocycles. The van der Waals surface area contributed by atoms with Crippen molar-refractivity contribution < 1.29 is 28.3 Å². The minimum Gasteiger partial charge on any atom is -0.496 e. The maximum absolute atomic E-state index is 12.3. The lowest BCUT2D eigenvalue weighted by molar-refractivity contribution is 0.0460. The van der Waals surface area contributed by atoms with Gasteiger partial charge in [-0.2, -0.15) is 0 Å². The third-order valence-electron chi connectivity index (χ3n) is 3.96. The van der Waals surface area contributed by atoms with Crippen molar-refractivity contribution in [2.75, 3.05) is 21.3 Å². The smallest absolute Gasteiger partial charge is 0.342 e. The molecule has 3 rings (SSSR count). The van der Waals surface area contributed by atoms with E-state index in [0.29, 0.717) is 33.7 Å². The van der Waals surface area contributed by atoms with Gasteiger partial charge in [-0.05, 0) is 36.4 Å². The van der Waals surface area contributed by atoms with Crippen molar-refractivity contribution >= 4 is 17.6 Å². The zero-order chi connectivity index (χ0) is 20.1. The summed E-state index contributed by atoms with van der Waals surface area (Å²) in [5, 5.41) is 4.34. The van der Waals surface area contributed by atoms with Gasteiger partial charge in [0.25, 0.3) is 0 Å². The summed E-state index contributed by atoms with van der Waals surface area (Å²) >= 11 is 5.94. The van der Waals surface area contributed by atoms with E-state index in [4.69, 9.17) is 35.1 Å². The van der Waals surface area contributed by atoms with Gasteiger partial charge in [-0.25, -0.2) is 4.79 Å². The van der Waals surface area contributed by atoms with Gasteiger partial charge in [0.05, 0.1) is 21.3 Å². The van der Waals surface area contributed by atoms with Crippen LogP contribution in [0.1, 0.15) is 16.1 Å². The van der Waals surface area contributed by atoms with Crippen LogP contribution in [0.15, 0.2) is 47.0 Å². The van der Waals surface area contributed by atoms with Crippen molar-refractivity contribution in [1.29, 1.82) is 0 Å². The second-order valence-corrected chi connectivity index (χ2v) is 6.11. The van der Waals surface area contributed by atoms with Crippen LogP contribution in [0.25, 0.3) is 11.3 Å². The number of carbonyl (C=O) groups is 1. The van der Waals surface area contributed by atoms with E-state index in [-0.39, 0.29) is 12.2 Å². The average molecular weight is 404 g/mol. The summed E-state index contributed by atoms with van der Waals surface area (Å²) in [6.07, 6.45) is 0. The number of carbonyl (C=O) groups excluding carboxylic acids is 1. The van der Waals surface area contributed by atoms with E-state index in [1.165, 1.54) is 13.2 Å². The van der Waals surface area contributed by atoms with Gasteiger partial charge in [0, 0.05) is 16.7 Å². The molecule has 1 aromatic heterocycles. The molecule has 7 nitrogen and oxygen atoms in total. The minimum atomic E-state index is -0.574.